The molecule has 0 saturated carbocycles. The molecule has 0 atom stereocenters. The van der Waals surface area contributed by atoms with Crippen LogP contribution in [0.5, 0.6) is 5.75 Å². The first kappa shape index (κ1) is 11.8. The summed E-state index contributed by atoms with van der Waals surface area (Å²) in [5, 5.41) is 8.74. The topological polar surface area (TPSA) is 116 Å². The first-order valence-corrected chi connectivity index (χ1v) is 4.54. The Balaban J connectivity index is 2.74. The van der Waals surface area contributed by atoms with E-state index in [-0.39, 0.29) is 24.3 Å². The van der Waals surface area contributed by atoms with Crippen LogP contribution in [0.25, 0.3) is 0 Å². The van der Waals surface area contributed by atoms with Gasteiger partial charge in [0, 0.05) is 0 Å². The summed E-state index contributed by atoms with van der Waals surface area (Å²) < 4.78 is 5.15. The number of nitrogen functional groups attached to an aromatic ring is 1. The van der Waals surface area contributed by atoms with Gasteiger partial charge in [-0.3, -0.25) is 4.79 Å². The predicted octanol–water partition coefficient (Wildman–Crippen LogP) is 0.221. The lowest BCUT2D eigenvalue weighted by Gasteiger charge is -2.08. The molecule has 0 fully saturated rings. The van der Waals surface area contributed by atoms with E-state index in [9.17, 15) is 9.59 Å². The molecule has 6 heteroatoms. The highest BCUT2D eigenvalue weighted by atomic mass is 16.5. The highest BCUT2D eigenvalue weighted by Gasteiger charge is 2.07. The maximum absolute atomic E-state index is 10.7. The van der Waals surface area contributed by atoms with E-state index in [0.717, 1.165) is 0 Å². The second-order valence-corrected chi connectivity index (χ2v) is 3.12. The number of rotatable bonds is 5. The van der Waals surface area contributed by atoms with Gasteiger partial charge in [0.05, 0.1) is 24.3 Å². The number of carboxylic acids is 1. The van der Waals surface area contributed by atoms with E-state index >= 15 is 0 Å². The van der Waals surface area contributed by atoms with Gasteiger partial charge in [0.1, 0.15) is 5.75 Å². The molecule has 1 aromatic carbocycles. The van der Waals surface area contributed by atoms with Gasteiger partial charge < -0.3 is 21.3 Å². The van der Waals surface area contributed by atoms with Crippen LogP contribution in [0.15, 0.2) is 18.2 Å². The molecule has 1 aromatic rings. The Morgan fingerprint density at radius 1 is 1.38 bits per heavy atom. The zero-order valence-corrected chi connectivity index (χ0v) is 8.47. The molecular weight excluding hydrogens is 212 g/mol. The quantitative estimate of drug-likeness (QED) is 0.619. The van der Waals surface area contributed by atoms with Crippen molar-refractivity contribution in [1.29, 1.82) is 0 Å². The number of anilines is 1. The van der Waals surface area contributed by atoms with Crippen molar-refractivity contribution in [2.45, 2.75) is 6.42 Å². The van der Waals surface area contributed by atoms with E-state index in [0.29, 0.717) is 5.69 Å². The second-order valence-electron chi connectivity index (χ2n) is 3.12. The molecule has 1 amide bonds. The third kappa shape index (κ3) is 3.16. The number of carboxylic acid groups (broad SMARTS) is 1. The Bertz CT molecular complexity index is 417. The Labute approximate surface area is 91.8 Å². The van der Waals surface area contributed by atoms with Crippen LogP contribution in [-0.2, 0) is 4.79 Å². The van der Waals surface area contributed by atoms with Crippen molar-refractivity contribution in [3.63, 3.8) is 0 Å². The summed E-state index contributed by atoms with van der Waals surface area (Å²) in [4.78, 5) is 21.1. The van der Waals surface area contributed by atoms with Crippen molar-refractivity contribution in [1.82, 2.24) is 0 Å². The van der Waals surface area contributed by atoms with E-state index in [1.54, 1.807) is 0 Å². The van der Waals surface area contributed by atoms with Gasteiger partial charge in [-0.1, -0.05) is 0 Å². The van der Waals surface area contributed by atoms with Gasteiger partial charge in [0.15, 0.2) is 0 Å². The standard InChI is InChI=1S/C10H12N2O4/c11-7-2-1-6(10(14)15)5-8(7)16-4-3-9(12)13/h1-2,5H,3-4,11H2,(H2,12,13)(H,14,15). The molecule has 16 heavy (non-hydrogen) atoms. The Morgan fingerprint density at radius 3 is 2.62 bits per heavy atom. The molecule has 0 aromatic heterocycles. The highest BCUT2D eigenvalue weighted by Crippen LogP contribution is 2.22. The smallest absolute Gasteiger partial charge is 0.335 e. The lowest BCUT2D eigenvalue weighted by molar-refractivity contribution is -0.118. The minimum absolute atomic E-state index is 0.0523. The summed E-state index contributed by atoms with van der Waals surface area (Å²) in [7, 11) is 0. The third-order valence-electron chi connectivity index (χ3n) is 1.87. The molecule has 0 aliphatic heterocycles. The normalized spacial score (nSPS) is 9.75. The van der Waals surface area contributed by atoms with Crippen molar-refractivity contribution < 1.29 is 19.4 Å². The van der Waals surface area contributed by atoms with Crippen LogP contribution < -0.4 is 16.2 Å². The molecule has 86 valence electrons. The fourth-order valence-corrected chi connectivity index (χ4v) is 1.05. The van der Waals surface area contributed by atoms with Gasteiger partial charge in [-0.05, 0) is 18.2 Å². The van der Waals surface area contributed by atoms with E-state index in [2.05, 4.69) is 0 Å². The number of benzene rings is 1. The van der Waals surface area contributed by atoms with Crippen LogP contribution in [0, 0.1) is 0 Å². The lowest BCUT2D eigenvalue weighted by Crippen LogP contribution is -2.15. The van der Waals surface area contributed by atoms with Crippen LogP contribution in [0.2, 0.25) is 0 Å². The van der Waals surface area contributed by atoms with Crippen molar-refractivity contribution in [3.8, 4) is 5.75 Å². The Hall–Kier alpha value is -2.24. The second kappa shape index (κ2) is 5.01. The number of primary amides is 1. The molecule has 1 rings (SSSR count). The largest absolute Gasteiger partial charge is 0.491 e. The number of hydrogen-bond donors (Lipinski definition) is 3. The molecule has 0 aliphatic rings. The third-order valence-corrected chi connectivity index (χ3v) is 1.87. The molecule has 0 unspecified atom stereocenters. The van der Waals surface area contributed by atoms with Gasteiger partial charge in [0.2, 0.25) is 5.91 Å². The monoisotopic (exact) mass is 224 g/mol. The van der Waals surface area contributed by atoms with E-state index in [4.69, 9.17) is 21.3 Å². The van der Waals surface area contributed by atoms with E-state index in [1.165, 1.54) is 18.2 Å². The molecule has 0 aliphatic carbocycles. The summed E-state index contributed by atoms with van der Waals surface area (Å²) in [6.07, 6.45) is 0.0523. The Morgan fingerprint density at radius 2 is 2.06 bits per heavy atom. The van der Waals surface area contributed by atoms with Gasteiger partial charge in [-0.2, -0.15) is 0 Å². The van der Waals surface area contributed by atoms with Crippen molar-refractivity contribution in [3.05, 3.63) is 23.8 Å². The number of nitrogens with two attached hydrogens (primary N) is 2. The predicted molar refractivity (Wildman–Crippen MR) is 57.1 cm³/mol. The average Bonchev–Trinajstić information content (AvgIpc) is 2.20. The molecule has 0 bridgehead atoms. The van der Waals surface area contributed by atoms with Crippen LogP contribution in [0.4, 0.5) is 5.69 Å². The van der Waals surface area contributed by atoms with E-state index < -0.39 is 11.9 Å². The summed E-state index contributed by atoms with van der Waals surface area (Å²) in [5.74, 6) is -1.33. The summed E-state index contributed by atoms with van der Waals surface area (Å²) in [6, 6.07) is 4.11. The Kier molecular flexibility index (Phi) is 3.71. The van der Waals surface area contributed by atoms with Crippen molar-refractivity contribution in [2.24, 2.45) is 5.73 Å². The lowest BCUT2D eigenvalue weighted by atomic mass is 10.2. The average molecular weight is 224 g/mol. The molecule has 0 heterocycles. The number of carbonyl (C=O) groups excluding carboxylic acids is 1. The zero-order valence-electron chi connectivity index (χ0n) is 8.47. The van der Waals surface area contributed by atoms with Crippen LogP contribution in [0.3, 0.4) is 0 Å². The van der Waals surface area contributed by atoms with Crippen molar-refractivity contribution in [2.75, 3.05) is 12.3 Å². The first-order chi connectivity index (χ1) is 7.50. The summed E-state index contributed by atoms with van der Waals surface area (Å²) in [5.41, 5.74) is 10.9. The maximum atomic E-state index is 10.7. The first-order valence-electron chi connectivity index (χ1n) is 4.54. The van der Waals surface area contributed by atoms with Crippen LogP contribution in [0.1, 0.15) is 16.8 Å². The molecule has 6 nitrogen and oxygen atoms in total. The number of aromatic carboxylic acids is 1. The number of ether oxygens (including phenoxy) is 1. The van der Waals surface area contributed by atoms with Gasteiger partial charge >= 0.3 is 5.97 Å². The summed E-state index contributed by atoms with van der Waals surface area (Å²) in [6.45, 7) is 0.0720. The highest BCUT2D eigenvalue weighted by molar-refractivity contribution is 5.89. The summed E-state index contributed by atoms with van der Waals surface area (Å²) >= 11 is 0. The minimum atomic E-state index is -1.07. The van der Waals surface area contributed by atoms with E-state index in [1.807, 2.05) is 0 Å². The number of carbonyl (C=O) groups is 2. The molecule has 0 radical (unpaired) electrons. The maximum Gasteiger partial charge on any atom is 0.335 e. The SMILES string of the molecule is NC(=O)CCOc1cc(C(=O)O)ccc1N. The fraction of sp³-hybridized carbons (Fsp3) is 0.200. The van der Waals surface area contributed by atoms with Gasteiger partial charge in [0.25, 0.3) is 0 Å². The fourth-order valence-electron chi connectivity index (χ4n) is 1.05. The number of hydrogen-bond acceptors (Lipinski definition) is 4. The molecule has 0 spiro atoms. The molecular formula is C10H12N2O4. The van der Waals surface area contributed by atoms with Crippen LogP contribution in [-0.4, -0.2) is 23.6 Å². The van der Waals surface area contributed by atoms with Crippen LogP contribution >= 0.6 is 0 Å². The van der Waals surface area contributed by atoms with Crippen molar-refractivity contribution >= 4 is 17.6 Å². The molecule has 0 saturated heterocycles. The molecule has 5 N–H and O–H groups in total. The number of amides is 1. The van der Waals surface area contributed by atoms with Gasteiger partial charge in [-0.15, -0.1) is 0 Å². The van der Waals surface area contributed by atoms with Gasteiger partial charge in [-0.25, -0.2) is 4.79 Å². The minimum Gasteiger partial charge on any atom is -0.491 e. The zero-order chi connectivity index (χ0) is 12.1.